The molecule has 0 bridgehead atoms. The summed E-state index contributed by atoms with van der Waals surface area (Å²) < 4.78 is 1.53. The molecular weight excluding hydrogens is 392 g/mol. The molecule has 11 heteroatoms. The van der Waals surface area contributed by atoms with Crippen LogP contribution in [0, 0.1) is 10.1 Å². The van der Waals surface area contributed by atoms with E-state index in [1.165, 1.54) is 22.5 Å². The van der Waals surface area contributed by atoms with Crippen molar-refractivity contribution in [3.05, 3.63) is 39.7 Å². The minimum absolute atomic E-state index is 0. The number of piperidine rings is 1. The number of nitro benzene ring substituents is 1. The number of nitro groups is 1. The zero-order chi connectivity index (χ0) is 18.7. The number of thioether (sulfide) groups is 1. The highest BCUT2D eigenvalue weighted by atomic mass is 35.5. The molecule has 0 saturated carbocycles. The molecule has 2 aromatic rings. The quantitative estimate of drug-likeness (QED) is 0.440. The van der Waals surface area contributed by atoms with Gasteiger partial charge in [-0.05, 0) is 44.3 Å². The Hall–Kier alpha value is -2.17. The fourth-order valence-corrected chi connectivity index (χ4v) is 3.46. The lowest BCUT2D eigenvalue weighted by Crippen LogP contribution is -2.27. The van der Waals surface area contributed by atoms with Crippen LogP contribution in [0.25, 0.3) is 0 Å². The molecule has 0 unspecified atom stereocenters. The van der Waals surface area contributed by atoms with Gasteiger partial charge in [0.25, 0.3) is 11.6 Å². The van der Waals surface area contributed by atoms with Crippen molar-refractivity contribution in [1.29, 1.82) is 0 Å². The maximum Gasteiger partial charge on any atom is 0.283 e. The highest BCUT2D eigenvalue weighted by Gasteiger charge is 2.22. The first-order valence-corrected chi connectivity index (χ1v) is 9.47. The molecule has 1 aromatic carbocycles. The Kier molecular flexibility index (Phi) is 7.17. The average molecular weight is 413 g/mol. The first-order chi connectivity index (χ1) is 12.5. The number of benzene rings is 1. The number of rotatable bonds is 5. The first-order valence-electron chi connectivity index (χ1n) is 8.25. The van der Waals surface area contributed by atoms with Gasteiger partial charge in [0.2, 0.25) is 5.95 Å². The number of halogens is 1. The fraction of sp³-hybridized carbons (Fsp3) is 0.438. The first kappa shape index (κ1) is 21.1. The van der Waals surface area contributed by atoms with Crippen molar-refractivity contribution in [1.82, 2.24) is 20.1 Å². The number of amides is 1. The van der Waals surface area contributed by atoms with E-state index < -0.39 is 10.8 Å². The molecule has 27 heavy (non-hydrogen) atoms. The zero-order valence-corrected chi connectivity index (χ0v) is 16.6. The third kappa shape index (κ3) is 4.76. The van der Waals surface area contributed by atoms with Crippen LogP contribution in [0.1, 0.15) is 34.9 Å². The second-order valence-electron chi connectivity index (χ2n) is 6.04. The van der Waals surface area contributed by atoms with Crippen LogP contribution >= 0.6 is 24.2 Å². The van der Waals surface area contributed by atoms with Gasteiger partial charge >= 0.3 is 0 Å². The van der Waals surface area contributed by atoms with Gasteiger partial charge in [-0.2, -0.15) is 10.1 Å². The normalized spacial score (nSPS) is 14.4. The molecule has 2 N–H and O–H groups in total. The van der Waals surface area contributed by atoms with Gasteiger partial charge < -0.3 is 5.32 Å². The summed E-state index contributed by atoms with van der Waals surface area (Å²) in [6.07, 6.45) is 3.67. The Morgan fingerprint density at radius 3 is 2.74 bits per heavy atom. The summed E-state index contributed by atoms with van der Waals surface area (Å²) in [5.41, 5.74) is 0.124. The molecule has 0 atom stereocenters. The van der Waals surface area contributed by atoms with Gasteiger partial charge in [0.1, 0.15) is 0 Å². The molecule has 0 aliphatic carbocycles. The maximum absolute atomic E-state index is 12.5. The molecule has 1 fully saturated rings. The highest BCUT2D eigenvalue weighted by molar-refractivity contribution is 7.98. The summed E-state index contributed by atoms with van der Waals surface area (Å²) in [7, 11) is 1.71. The van der Waals surface area contributed by atoms with Gasteiger partial charge in [-0.25, -0.2) is 4.68 Å². The standard InChI is InChI=1S/C16H20N6O3S.ClH/c1-21-16(18-14(20-21)10-5-7-17-8-6-10)19-15(23)11-3-4-13(26-2)12(9-11)22(24)25;/h3-4,9-10,17H,5-8H2,1-2H3,(H,18,19,20,23);1H. The monoisotopic (exact) mass is 412 g/mol. The van der Waals surface area contributed by atoms with E-state index in [1.807, 2.05) is 0 Å². The van der Waals surface area contributed by atoms with Crippen LogP contribution in [0.3, 0.4) is 0 Å². The van der Waals surface area contributed by atoms with E-state index in [0.29, 0.717) is 16.7 Å². The Bertz CT molecular complexity index is 838. The van der Waals surface area contributed by atoms with Crippen molar-refractivity contribution in [2.45, 2.75) is 23.7 Å². The number of nitrogens with one attached hydrogen (secondary N) is 2. The molecule has 9 nitrogen and oxygen atoms in total. The zero-order valence-electron chi connectivity index (χ0n) is 15.0. The molecule has 1 amide bonds. The van der Waals surface area contributed by atoms with Gasteiger partial charge in [-0.15, -0.1) is 24.2 Å². The Labute approximate surface area is 166 Å². The van der Waals surface area contributed by atoms with Crippen molar-refractivity contribution in [3.8, 4) is 0 Å². The molecule has 0 spiro atoms. The number of aryl methyl sites for hydroxylation is 1. The van der Waals surface area contributed by atoms with Crippen LogP contribution in [0.4, 0.5) is 11.6 Å². The van der Waals surface area contributed by atoms with E-state index in [2.05, 4.69) is 20.7 Å². The second kappa shape index (κ2) is 9.16. The number of hydrogen-bond donors (Lipinski definition) is 2. The molecule has 3 rings (SSSR count). The fourth-order valence-electron chi connectivity index (χ4n) is 2.91. The van der Waals surface area contributed by atoms with Crippen molar-refractivity contribution >= 4 is 41.7 Å². The topological polar surface area (TPSA) is 115 Å². The van der Waals surface area contributed by atoms with Gasteiger partial charge in [0, 0.05) is 24.6 Å². The number of aromatic nitrogens is 3. The molecule has 1 aliphatic heterocycles. The third-order valence-electron chi connectivity index (χ3n) is 4.35. The lowest BCUT2D eigenvalue weighted by Gasteiger charge is -2.19. The Morgan fingerprint density at radius 1 is 1.41 bits per heavy atom. The van der Waals surface area contributed by atoms with Crippen LogP contribution in [0.5, 0.6) is 0 Å². The second-order valence-corrected chi connectivity index (χ2v) is 6.89. The Morgan fingerprint density at radius 2 is 2.11 bits per heavy atom. The molecule has 2 heterocycles. The van der Waals surface area contributed by atoms with E-state index >= 15 is 0 Å². The summed E-state index contributed by atoms with van der Waals surface area (Å²) in [6.45, 7) is 1.85. The summed E-state index contributed by atoms with van der Waals surface area (Å²) in [4.78, 5) is 28.1. The molecule has 1 aromatic heterocycles. The summed E-state index contributed by atoms with van der Waals surface area (Å²) >= 11 is 1.26. The van der Waals surface area contributed by atoms with Gasteiger partial charge in [-0.3, -0.25) is 20.2 Å². The van der Waals surface area contributed by atoms with E-state index in [-0.39, 0.29) is 29.6 Å². The van der Waals surface area contributed by atoms with Crippen molar-refractivity contribution in [2.24, 2.45) is 7.05 Å². The molecule has 146 valence electrons. The van der Waals surface area contributed by atoms with E-state index in [4.69, 9.17) is 0 Å². The number of hydrogen-bond acceptors (Lipinski definition) is 7. The van der Waals surface area contributed by atoms with Gasteiger partial charge in [0.05, 0.1) is 9.82 Å². The number of carbonyl (C=O) groups excluding carboxylic acids is 1. The third-order valence-corrected chi connectivity index (χ3v) is 5.13. The van der Waals surface area contributed by atoms with Crippen molar-refractivity contribution in [3.63, 3.8) is 0 Å². The summed E-state index contributed by atoms with van der Waals surface area (Å²) in [5, 5.41) is 21.6. The van der Waals surface area contributed by atoms with E-state index in [0.717, 1.165) is 25.9 Å². The van der Waals surface area contributed by atoms with Gasteiger partial charge in [0.15, 0.2) is 5.82 Å². The Balaban J connectivity index is 0.00000261. The number of anilines is 1. The van der Waals surface area contributed by atoms with Crippen LogP contribution in [-0.2, 0) is 7.05 Å². The lowest BCUT2D eigenvalue weighted by molar-refractivity contribution is -0.387. The molecule has 1 saturated heterocycles. The van der Waals surface area contributed by atoms with E-state index in [9.17, 15) is 14.9 Å². The van der Waals surface area contributed by atoms with Gasteiger partial charge in [-0.1, -0.05) is 0 Å². The lowest BCUT2D eigenvalue weighted by atomic mass is 9.98. The van der Waals surface area contributed by atoms with Crippen molar-refractivity contribution in [2.75, 3.05) is 24.7 Å². The van der Waals surface area contributed by atoms with Crippen LogP contribution < -0.4 is 10.6 Å². The summed E-state index contributed by atoms with van der Waals surface area (Å²) in [6, 6.07) is 4.43. The SMILES string of the molecule is CSc1ccc(C(=O)Nc2nc(C3CCNCC3)nn2C)cc1[N+](=O)[O-].Cl. The van der Waals surface area contributed by atoms with Crippen LogP contribution in [0.2, 0.25) is 0 Å². The smallest absolute Gasteiger partial charge is 0.283 e. The predicted octanol–water partition coefficient (Wildman–Crippen LogP) is 2.59. The number of nitrogens with zero attached hydrogens (tertiary/aromatic N) is 4. The van der Waals surface area contributed by atoms with Crippen LogP contribution in [-0.4, -0.2) is 44.9 Å². The molecule has 1 aliphatic rings. The minimum Gasteiger partial charge on any atom is -0.317 e. The number of carbonyl (C=O) groups is 1. The van der Waals surface area contributed by atoms with E-state index in [1.54, 1.807) is 25.4 Å². The predicted molar refractivity (Wildman–Crippen MR) is 106 cm³/mol. The average Bonchev–Trinajstić information content (AvgIpc) is 3.02. The maximum atomic E-state index is 12.5. The minimum atomic E-state index is -0.486. The summed E-state index contributed by atoms with van der Waals surface area (Å²) in [5.74, 6) is 0.872. The molecular formula is C16H21ClN6O3S. The van der Waals surface area contributed by atoms with Crippen molar-refractivity contribution < 1.29 is 9.72 Å². The molecule has 0 radical (unpaired) electrons. The highest BCUT2D eigenvalue weighted by Crippen LogP contribution is 2.28. The largest absolute Gasteiger partial charge is 0.317 e. The van der Waals surface area contributed by atoms with Crippen LogP contribution in [0.15, 0.2) is 23.1 Å².